The van der Waals surface area contributed by atoms with Crippen LogP contribution in [0.15, 0.2) is 23.1 Å². The number of hydrogen-bond acceptors (Lipinski definition) is 2. The number of hydrogen-bond donors (Lipinski definition) is 1. The number of alkyl halides is 3. The second kappa shape index (κ2) is 6.19. The summed E-state index contributed by atoms with van der Waals surface area (Å²) in [5.41, 5.74) is 4.91. The highest BCUT2D eigenvalue weighted by atomic mass is 32.2. The van der Waals surface area contributed by atoms with E-state index >= 15 is 0 Å². The van der Waals surface area contributed by atoms with Crippen molar-refractivity contribution in [2.45, 2.75) is 37.3 Å². The van der Waals surface area contributed by atoms with Gasteiger partial charge in [-0.3, -0.25) is 0 Å². The third-order valence-electron chi connectivity index (χ3n) is 2.31. The van der Waals surface area contributed by atoms with Crippen molar-refractivity contribution in [2.75, 3.05) is 11.5 Å². The fourth-order valence-corrected chi connectivity index (χ4v) is 2.49. The van der Waals surface area contributed by atoms with Gasteiger partial charge in [-0.1, -0.05) is 19.8 Å². The van der Waals surface area contributed by atoms with Gasteiger partial charge < -0.3 is 5.73 Å². The van der Waals surface area contributed by atoms with Crippen LogP contribution in [0.25, 0.3) is 0 Å². The van der Waals surface area contributed by atoms with E-state index in [4.69, 9.17) is 5.73 Å². The molecule has 0 saturated heterocycles. The Kier molecular flexibility index (Phi) is 5.18. The monoisotopic (exact) mass is 263 g/mol. The molecule has 0 unspecified atom stereocenters. The standard InChI is InChI=1S/C12H16F3NS/c1-2-3-4-7-17-11-6-5-9(16)8-10(11)12(13,14)15/h5-6,8H,2-4,7,16H2,1H3. The Hall–Kier alpha value is -0.840. The highest BCUT2D eigenvalue weighted by molar-refractivity contribution is 7.99. The first-order valence-electron chi connectivity index (χ1n) is 5.54. The molecule has 0 bridgehead atoms. The Morgan fingerprint density at radius 2 is 1.94 bits per heavy atom. The summed E-state index contributed by atoms with van der Waals surface area (Å²) >= 11 is 1.25. The van der Waals surface area contributed by atoms with E-state index in [1.165, 1.54) is 23.9 Å². The van der Waals surface area contributed by atoms with Gasteiger partial charge in [0.15, 0.2) is 0 Å². The van der Waals surface area contributed by atoms with E-state index in [1.54, 1.807) is 0 Å². The number of halogens is 3. The van der Waals surface area contributed by atoms with E-state index in [-0.39, 0.29) is 10.6 Å². The topological polar surface area (TPSA) is 26.0 Å². The van der Waals surface area contributed by atoms with Gasteiger partial charge in [0.25, 0.3) is 0 Å². The van der Waals surface area contributed by atoms with Crippen molar-refractivity contribution in [3.8, 4) is 0 Å². The number of rotatable bonds is 5. The minimum Gasteiger partial charge on any atom is -0.399 e. The predicted octanol–water partition coefficient (Wildman–Crippen LogP) is 4.57. The summed E-state index contributed by atoms with van der Waals surface area (Å²) in [4.78, 5) is 0.266. The Morgan fingerprint density at radius 3 is 2.53 bits per heavy atom. The molecule has 0 aliphatic rings. The Morgan fingerprint density at radius 1 is 1.24 bits per heavy atom. The van der Waals surface area contributed by atoms with E-state index in [2.05, 4.69) is 6.92 Å². The molecule has 1 rings (SSSR count). The SMILES string of the molecule is CCCCCSc1ccc(N)cc1C(F)(F)F. The number of nitrogens with two attached hydrogens (primary N) is 1. The first-order valence-corrected chi connectivity index (χ1v) is 6.53. The molecule has 0 radical (unpaired) electrons. The predicted molar refractivity (Wildman–Crippen MR) is 66.1 cm³/mol. The fraction of sp³-hybridized carbons (Fsp3) is 0.500. The number of thioether (sulfide) groups is 1. The smallest absolute Gasteiger partial charge is 0.399 e. The summed E-state index contributed by atoms with van der Waals surface area (Å²) in [6.45, 7) is 2.06. The van der Waals surface area contributed by atoms with Gasteiger partial charge >= 0.3 is 6.18 Å². The van der Waals surface area contributed by atoms with Crippen molar-refractivity contribution in [1.82, 2.24) is 0 Å². The highest BCUT2D eigenvalue weighted by Gasteiger charge is 2.33. The van der Waals surface area contributed by atoms with Crippen molar-refractivity contribution >= 4 is 17.4 Å². The maximum absolute atomic E-state index is 12.7. The van der Waals surface area contributed by atoms with Crippen molar-refractivity contribution < 1.29 is 13.2 Å². The Bertz CT molecular complexity index is 363. The molecule has 1 aromatic carbocycles. The van der Waals surface area contributed by atoms with E-state index < -0.39 is 11.7 Å². The molecule has 0 saturated carbocycles. The van der Waals surface area contributed by atoms with Crippen molar-refractivity contribution in [1.29, 1.82) is 0 Å². The molecular weight excluding hydrogens is 247 g/mol. The summed E-state index contributed by atoms with van der Waals surface area (Å²) in [6.07, 6.45) is -1.29. The maximum atomic E-state index is 12.7. The van der Waals surface area contributed by atoms with Gasteiger partial charge in [0.05, 0.1) is 5.56 Å². The average molecular weight is 263 g/mol. The van der Waals surface area contributed by atoms with Gasteiger partial charge in [-0.05, 0) is 30.4 Å². The fourth-order valence-electron chi connectivity index (χ4n) is 1.43. The van der Waals surface area contributed by atoms with Crippen molar-refractivity contribution in [3.63, 3.8) is 0 Å². The lowest BCUT2D eigenvalue weighted by atomic mass is 10.2. The zero-order valence-corrected chi connectivity index (χ0v) is 10.5. The summed E-state index contributed by atoms with van der Waals surface area (Å²) in [6, 6.07) is 3.97. The molecule has 96 valence electrons. The van der Waals surface area contributed by atoms with Gasteiger partial charge in [0.2, 0.25) is 0 Å². The normalized spacial score (nSPS) is 11.8. The summed E-state index contributed by atoms with van der Waals surface area (Å²) in [5.74, 6) is 0.709. The molecular formula is C12H16F3NS. The van der Waals surface area contributed by atoms with Crippen LogP contribution in [0.1, 0.15) is 31.7 Å². The number of benzene rings is 1. The van der Waals surface area contributed by atoms with Crippen LogP contribution >= 0.6 is 11.8 Å². The maximum Gasteiger partial charge on any atom is 0.417 e. The number of unbranched alkanes of at least 4 members (excludes halogenated alkanes) is 2. The number of nitrogen functional groups attached to an aromatic ring is 1. The van der Waals surface area contributed by atoms with E-state index in [0.29, 0.717) is 5.75 Å². The third kappa shape index (κ3) is 4.50. The summed E-state index contributed by atoms with van der Waals surface area (Å²) in [5, 5.41) is 0. The molecule has 0 aliphatic carbocycles. The molecule has 0 aliphatic heterocycles. The molecule has 0 heterocycles. The largest absolute Gasteiger partial charge is 0.417 e. The number of anilines is 1. The van der Waals surface area contributed by atoms with Crippen LogP contribution in [0.2, 0.25) is 0 Å². The summed E-state index contributed by atoms with van der Waals surface area (Å²) in [7, 11) is 0. The molecule has 1 nitrogen and oxygen atoms in total. The molecule has 0 amide bonds. The molecule has 5 heteroatoms. The molecule has 1 aromatic rings. The third-order valence-corrected chi connectivity index (χ3v) is 3.47. The molecule has 0 atom stereocenters. The van der Waals surface area contributed by atoms with E-state index in [9.17, 15) is 13.2 Å². The zero-order chi connectivity index (χ0) is 12.9. The van der Waals surface area contributed by atoms with Crippen LogP contribution in [0, 0.1) is 0 Å². The summed E-state index contributed by atoms with van der Waals surface area (Å²) < 4.78 is 38.2. The van der Waals surface area contributed by atoms with Crippen LogP contribution in [-0.2, 0) is 6.18 Å². The van der Waals surface area contributed by atoms with Gasteiger partial charge in [-0.25, -0.2) is 0 Å². The Labute approximate surface area is 104 Å². The van der Waals surface area contributed by atoms with Gasteiger partial charge in [-0.15, -0.1) is 11.8 Å². The van der Waals surface area contributed by atoms with Crippen LogP contribution in [0.4, 0.5) is 18.9 Å². The minimum absolute atomic E-state index is 0.148. The quantitative estimate of drug-likeness (QED) is 0.478. The zero-order valence-electron chi connectivity index (χ0n) is 9.68. The van der Waals surface area contributed by atoms with Crippen molar-refractivity contribution in [3.05, 3.63) is 23.8 Å². The lowest BCUT2D eigenvalue weighted by molar-refractivity contribution is -0.139. The minimum atomic E-state index is -4.33. The Balaban J connectivity index is 2.77. The second-order valence-corrected chi connectivity index (χ2v) is 4.95. The van der Waals surface area contributed by atoms with E-state index in [1.807, 2.05) is 0 Å². The second-order valence-electron chi connectivity index (χ2n) is 3.81. The van der Waals surface area contributed by atoms with Crippen LogP contribution in [0.3, 0.4) is 0 Å². The molecule has 0 spiro atoms. The first kappa shape index (κ1) is 14.2. The lowest BCUT2D eigenvalue weighted by Crippen LogP contribution is -2.07. The molecule has 0 fully saturated rings. The lowest BCUT2D eigenvalue weighted by Gasteiger charge is -2.13. The molecule has 0 aromatic heterocycles. The van der Waals surface area contributed by atoms with E-state index in [0.717, 1.165) is 25.3 Å². The van der Waals surface area contributed by atoms with Gasteiger partial charge in [-0.2, -0.15) is 13.2 Å². The molecule has 2 N–H and O–H groups in total. The van der Waals surface area contributed by atoms with Crippen LogP contribution in [0.5, 0.6) is 0 Å². The van der Waals surface area contributed by atoms with Gasteiger partial charge in [0, 0.05) is 10.6 Å². The van der Waals surface area contributed by atoms with Crippen LogP contribution in [-0.4, -0.2) is 5.75 Å². The first-order chi connectivity index (χ1) is 7.95. The van der Waals surface area contributed by atoms with Gasteiger partial charge in [0.1, 0.15) is 0 Å². The van der Waals surface area contributed by atoms with Crippen molar-refractivity contribution in [2.24, 2.45) is 0 Å². The highest BCUT2D eigenvalue weighted by Crippen LogP contribution is 2.38. The van der Waals surface area contributed by atoms with Crippen LogP contribution < -0.4 is 5.73 Å². The molecule has 17 heavy (non-hydrogen) atoms. The average Bonchev–Trinajstić information content (AvgIpc) is 2.25.